The molecule has 1 aliphatic heterocycles. The molecule has 0 aliphatic carbocycles. The number of nitrogens with two attached hydrogens (primary N) is 1. The molecule has 9 heteroatoms. The number of amides is 2. The topological polar surface area (TPSA) is 126 Å². The summed E-state index contributed by atoms with van der Waals surface area (Å²) in [5, 5.41) is 11.4. The van der Waals surface area contributed by atoms with Crippen LogP contribution < -0.4 is 16.4 Å². The van der Waals surface area contributed by atoms with Crippen LogP contribution in [0.1, 0.15) is 23.7 Å². The first-order valence-electron chi connectivity index (χ1n) is 6.56. The normalized spacial score (nSPS) is 16.8. The number of carbonyl (C=O) groups is 2. The van der Waals surface area contributed by atoms with E-state index in [0.717, 1.165) is 0 Å². The fourth-order valence-electron chi connectivity index (χ4n) is 2.35. The Hall–Kier alpha value is -2.97. The zero-order valence-corrected chi connectivity index (χ0v) is 11.4. The van der Waals surface area contributed by atoms with Crippen molar-refractivity contribution in [1.82, 2.24) is 20.5 Å². The van der Waals surface area contributed by atoms with Crippen molar-refractivity contribution in [2.75, 3.05) is 11.1 Å². The van der Waals surface area contributed by atoms with Crippen LogP contribution in [0.3, 0.4) is 0 Å². The van der Waals surface area contributed by atoms with Crippen molar-refractivity contribution >= 4 is 23.5 Å². The van der Waals surface area contributed by atoms with E-state index in [-0.39, 0.29) is 30.7 Å². The van der Waals surface area contributed by atoms with E-state index in [1.807, 2.05) is 0 Å². The summed E-state index contributed by atoms with van der Waals surface area (Å²) in [4.78, 5) is 27.8. The Kier molecular flexibility index (Phi) is 3.45. The fraction of sp³-hybridized carbons (Fsp3) is 0.231. The Balaban J connectivity index is 1.76. The third-order valence-corrected chi connectivity index (χ3v) is 3.35. The zero-order chi connectivity index (χ0) is 15.7. The van der Waals surface area contributed by atoms with E-state index < -0.39 is 11.7 Å². The van der Waals surface area contributed by atoms with E-state index in [0.29, 0.717) is 17.1 Å². The molecular weight excluding hydrogens is 291 g/mol. The number of benzene rings is 1. The lowest BCUT2D eigenvalue weighted by atomic mass is 9.89. The van der Waals surface area contributed by atoms with Crippen molar-refractivity contribution in [2.45, 2.75) is 18.9 Å². The third-order valence-electron chi connectivity index (χ3n) is 3.35. The molecule has 1 aromatic carbocycles. The van der Waals surface area contributed by atoms with E-state index in [9.17, 15) is 14.0 Å². The lowest BCUT2D eigenvalue weighted by Gasteiger charge is -2.24. The number of halogens is 1. The predicted octanol–water partition coefficient (Wildman–Crippen LogP) is 0.268. The molecule has 2 aromatic rings. The van der Waals surface area contributed by atoms with Crippen molar-refractivity contribution < 1.29 is 14.0 Å². The molecule has 0 bridgehead atoms. The molecule has 114 valence electrons. The molecule has 1 atom stereocenters. The SMILES string of the molecule is Nc1n[nH]c(CNC(=O)C2CC(=O)Nc3cc(F)ccc32)n1. The monoisotopic (exact) mass is 304 g/mol. The van der Waals surface area contributed by atoms with Gasteiger partial charge in [-0.15, -0.1) is 5.10 Å². The Bertz CT molecular complexity index is 744. The molecule has 0 saturated heterocycles. The number of carbonyl (C=O) groups excluding carboxylic acids is 2. The molecule has 22 heavy (non-hydrogen) atoms. The number of hydrogen-bond acceptors (Lipinski definition) is 5. The number of aromatic nitrogens is 3. The second kappa shape index (κ2) is 5.43. The number of fused-ring (bicyclic) bond motifs is 1. The Labute approximate surface area is 124 Å². The summed E-state index contributed by atoms with van der Waals surface area (Å²) in [7, 11) is 0. The summed E-state index contributed by atoms with van der Waals surface area (Å²) < 4.78 is 13.2. The van der Waals surface area contributed by atoms with Crippen molar-refractivity contribution in [1.29, 1.82) is 0 Å². The Morgan fingerprint density at radius 3 is 3.05 bits per heavy atom. The number of hydrogen-bond donors (Lipinski definition) is 4. The maximum absolute atomic E-state index is 13.2. The first-order chi connectivity index (χ1) is 10.5. The minimum Gasteiger partial charge on any atom is -0.367 e. The standard InChI is InChI=1S/C13H13FN6O2/c14-6-1-2-7-8(4-11(21)17-9(7)3-6)12(22)16-5-10-18-13(15)20-19-10/h1-3,8H,4-5H2,(H,16,22)(H,17,21)(H3,15,18,19,20). The Morgan fingerprint density at radius 2 is 2.32 bits per heavy atom. The molecule has 0 fully saturated rings. The zero-order valence-electron chi connectivity index (χ0n) is 11.4. The van der Waals surface area contributed by atoms with Gasteiger partial charge in [-0.25, -0.2) is 4.39 Å². The number of nitrogen functional groups attached to an aromatic ring is 1. The number of rotatable bonds is 3. The van der Waals surface area contributed by atoms with Crippen LogP contribution in [-0.4, -0.2) is 27.0 Å². The number of H-pyrrole nitrogens is 1. The van der Waals surface area contributed by atoms with Gasteiger partial charge in [0, 0.05) is 12.1 Å². The number of aromatic amines is 1. The van der Waals surface area contributed by atoms with Gasteiger partial charge in [0.2, 0.25) is 17.8 Å². The second-order valence-corrected chi connectivity index (χ2v) is 4.89. The summed E-state index contributed by atoms with van der Waals surface area (Å²) in [6.45, 7) is 0.109. The molecule has 3 rings (SSSR count). The fourth-order valence-corrected chi connectivity index (χ4v) is 2.35. The van der Waals surface area contributed by atoms with Crippen LogP contribution in [0, 0.1) is 5.82 Å². The van der Waals surface area contributed by atoms with Gasteiger partial charge in [0.05, 0.1) is 12.5 Å². The smallest absolute Gasteiger partial charge is 0.239 e. The van der Waals surface area contributed by atoms with Gasteiger partial charge >= 0.3 is 0 Å². The quantitative estimate of drug-likeness (QED) is 0.647. The average Bonchev–Trinajstić information content (AvgIpc) is 2.89. The van der Waals surface area contributed by atoms with Crippen molar-refractivity contribution in [3.05, 3.63) is 35.4 Å². The molecule has 0 radical (unpaired) electrons. The first kappa shape index (κ1) is 14.0. The summed E-state index contributed by atoms with van der Waals surface area (Å²) in [6.07, 6.45) is 0.00299. The summed E-state index contributed by atoms with van der Waals surface area (Å²) in [5.74, 6) is -1.34. The van der Waals surface area contributed by atoms with E-state index in [2.05, 4.69) is 25.8 Å². The largest absolute Gasteiger partial charge is 0.367 e. The predicted molar refractivity (Wildman–Crippen MR) is 75.0 cm³/mol. The molecule has 2 amide bonds. The third kappa shape index (κ3) is 2.73. The number of nitrogens with one attached hydrogen (secondary N) is 3. The minimum atomic E-state index is -0.676. The Morgan fingerprint density at radius 1 is 1.50 bits per heavy atom. The highest BCUT2D eigenvalue weighted by atomic mass is 19.1. The molecular formula is C13H13FN6O2. The van der Waals surface area contributed by atoms with E-state index in [4.69, 9.17) is 5.73 Å². The van der Waals surface area contributed by atoms with Gasteiger partial charge < -0.3 is 16.4 Å². The average molecular weight is 304 g/mol. The van der Waals surface area contributed by atoms with Gasteiger partial charge in [-0.05, 0) is 17.7 Å². The van der Waals surface area contributed by atoms with Crippen LogP contribution in [0.25, 0.3) is 0 Å². The molecule has 0 spiro atoms. The molecule has 1 aromatic heterocycles. The van der Waals surface area contributed by atoms with Crippen LogP contribution in [-0.2, 0) is 16.1 Å². The van der Waals surface area contributed by atoms with E-state index in [1.54, 1.807) is 0 Å². The first-order valence-corrected chi connectivity index (χ1v) is 6.56. The maximum Gasteiger partial charge on any atom is 0.239 e. The molecule has 1 aliphatic rings. The summed E-state index contributed by atoms with van der Waals surface area (Å²) in [6, 6.07) is 3.96. The van der Waals surface area contributed by atoms with Crippen molar-refractivity contribution in [3.8, 4) is 0 Å². The van der Waals surface area contributed by atoms with Gasteiger partial charge in [0.1, 0.15) is 11.6 Å². The molecule has 2 heterocycles. The molecule has 5 N–H and O–H groups in total. The van der Waals surface area contributed by atoms with Gasteiger partial charge in [0.15, 0.2) is 0 Å². The van der Waals surface area contributed by atoms with Gasteiger partial charge in [-0.2, -0.15) is 4.98 Å². The number of nitrogens with zero attached hydrogens (tertiary/aromatic N) is 2. The van der Waals surface area contributed by atoms with Crippen molar-refractivity contribution in [3.63, 3.8) is 0 Å². The second-order valence-electron chi connectivity index (χ2n) is 4.89. The van der Waals surface area contributed by atoms with Crippen LogP contribution in [0.5, 0.6) is 0 Å². The van der Waals surface area contributed by atoms with Gasteiger partial charge in [-0.1, -0.05) is 6.07 Å². The van der Waals surface area contributed by atoms with Crippen LogP contribution in [0.2, 0.25) is 0 Å². The highest BCUT2D eigenvalue weighted by Gasteiger charge is 2.30. The van der Waals surface area contributed by atoms with Gasteiger partial charge in [-0.3, -0.25) is 14.7 Å². The van der Waals surface area contributed by atoms with Crippen molar-refractivity contribution in [2.24, 2.45) is 0 Å². The maximum atomic E-state index is 13.2. The van der Waals surface area contributed by atoms with Crippen LogP contribution in [0.15, 0.2) is 18.2 Å². The summed E-state index contributed by atoms with van der Waals surface area (Å²) in [5.41, 5.74) is 6.27. The lowest BCUT2D eigenvalue weighted by Crippen LogP contribution is -2.35. The van der Waals surface area contributed by atoms with Crippen LogP contribution >= 0.6 is 0 Å². The lowest BCUT2D eigenvalue weighted by molar-refractivity contribution is -0.126. The molecule has 0 saturated carbocycles. The number of anilines is 2. The molecule has 1 unspecified atom stereocenters. The van der Waals surface area contributed by atoms with Crippen LogP contribution in [0.4, 0.5) is 16.0 Å². The minimum absolute atomic E-state index is 0.00299. The summed E-state index contributed by atoms with van der Waals surface area (Å²) >= 11 is 0. The highest BCUT2D eigenvalue weighted by Crippen LogP contribution is 2.32. The highest BCUT2D eigenvalue weighted by molar-refractivity contribution is 6.01. The van der Waals surface area contributed by atoms with E-state index >= 15 is 0 Å². The van der Waals surface area contributed by atoms with Gasteiger partial charge in [0.25, 0.3) is 0 Å². The van der Waals surface area contributed by atoms with E-state index in [1.165, 1.54) is 18.2 Å². The molecule has 8 nitrogen and oxygen atoms in total.